The Morgan fingerprint density at radius 3 is 2.31 bits per heavy atom. The van der Waals surface area contributed by atoms with Gasteiger partial charge in [-0.1, -0.05) is 39.7 Å². The summed E-state index contributed by atoms with van der Waals surface area (Å²) in [4.78, 5) is 0.265. The highest BCUT2D eigenvalue weighted by Gasteiger charge is 2.70. The molecule has 4 nitrogen and oxygen atoms in total. The zero-order valence-electron chi connectivity index (χ0n) is 14.4. The fourth-order valence-corrected chi connectivity index (χ4v) is 6.49. The Balaban J connectivity index is 2.03. The number of ether oxygens (including phenoxy) is 1. The number of nitrogens with two attached hydrogens (primary N) is 1. The molecule has 3 atom stereocenters. The summed E-state index contributed by atoms with van der Waals surface area (Å²) in [7, 11) is -3.57. The second-order valence-electron chi connectivity index (χ2n) is 6.52. The Bertz CT molecular complexity index is 871. The zero-order chi connectivity index (χ0) is 18.9. The molecule has 0 heterocycles. The van der Waals surface area contributed by atoms with Gasteiger partial charge in [-0.05, 0) is 48.9 Å². The topological polar surface area (TPSA) is 69.4 Å². The van der Waals surface area contributed by atoms with Gasteiger partial charge in [0.15, 0.2) is 9.84 Å². The smallest absolute Gasteiger partial charge is 0.182 e. The van der Waals surface area contributed by atoms with Crippen molar-refractivity contribution in [3.8, 4) is 0 Å². The van der Waals surface area contributed by atoms with Gasteiger partial charge in [0, 0.05) is 34.0 Å². The van der Waals surface area contributed by atoms with E-state index in [0.29, 0.717) is 18.2 Å². The summed E-state index contributed by atoms with van der Waals surface area (Å²) in [6.45, 7) is 2.97. The number of hydrogen-bond donors (Lipinski definition) is 1. The van der Waals surface area contributed by atoms with E-state index in [1.54, 1.807) is 24.3 Å². The van der Waals surface area contributed by atoms with Crippen molar-refractivity contribution in [2.75, 3.05) is 19.8 Å². The van der Waals surface area contributed by atoms with Gasteiger partial charge in [-0.2, -0.15) is 0 Å². The van der Waals surface area contributed by atoms with Gasteiger partial charge in [0.2, 0.25) is 0 Å². The molecule has 0 saturated heterocycles. The van der Waals surface area contributed by atoms with Crippen LogP contribution in [0.15, 0.2) is 57.9 Å². The highest BCUT2D eigenvalue weighted by Crippen LogP contribution is 2.63. The second kappa shape index (κ2) is 7.60. The molecule has 0 aliphatic heterocycles. The van der Waals surface area contributed by atoms with Crippen LogP contribution in [0.2, 0.25) is 5.02 Å². The molecule has 140 valence electrons. The van der Waals surface area contributed by atoms with Gasteiger partial charge < -0.3 is 10.5 Å². The molecular weight excluding hydrogens is 438 g/mol. The van der Waals surface area contributed by atoms with Crippen molar-refractivity contribution in [1.29, 1.82) is 0 Å². The van der Waals surface area contributed by atoms with Crippen LogP contribution in [0, 0.1) is 5.41 Å². The van der Waals surface area contributed by atoms with Crippen LogP contribution in [0.25, 0.3) is 0 Å². The van der Waals surface area contributed by atoms with Crippen molar-refractivity contribution in [2.24, 2.45) is 11.1 Å². The lowest BCUT2D eigenvalue weighted by Crippen LogP contribution is -2.29. The van der Waals surface area contributed by atoms with Crippen LogP contribution in [0.1, 0.15) is 18.4 Å². The fraction of sp³-hybridized carbons (Fsp3) is 0.368. The Morgan fingerprint density at radius 2 is 1.77 bits per heavy atom. The summed E-state index contributed by atoms with van der Waals surface area (Å²) in [6.07, 6.45) is 0. The van der Waals surface area contributed by atoms with Crippen LogP contribution in [0.3, 0.4) is 0 Å². The van der Waals surface area contributed by atoms with E-state index in [-0.39, 0.29) is 17.4 Å². The van der Waals surface area contributed by atoms with Gasteiger partial charge in [-0.15, -0.1) is 0 Å². The van der Waals surface area contributed by atoms with Gasteiger partial charge in [0.1, 0.15) is 0 Å². The number of rotatable bonds is 7. The van der Waals surface area contributed by atoms with E-state index >= 15 is 0 Å². The quantitative estimate of drug-likeness (QED) is 0.680. The molecule has 0 spiro atoms. The molecule has 0 bridgehead atoms. The van der Waals surface area contributed by atoms with Crippen molar-refractivity contribution >= 4 is 37.4 Å². The van der Waals surface area contributed by atoms with E-state index < -0.39 is 20.5 Å². The molecule has 0 radical (unpaired) electrons. The standard InChI is InChI=1S/C19H21BrClNO3S/c1-2-25-12-19(11-22)17(13-3-5-14(20)6-4-13)18(19)26(23,24)16-9-7-15(21)8-10-16/h3-10,17-18H,2,11-12,22H2,1H3. The van der Waals surface area contributed by atoms with E-state index in [1.807, 2.05) is 31.2 Å². The van der Waals surface area contributed by atoms with Gasteiger partial charge in [-0.25, -0.2) is 8.42 Å². The molecule has 1 fully saturated rings. The van der Waals surface area contributed by atoms with E-state index in [2.05, 4.69) is 15.9 Å². The first-order valence-electron chi connectivity index (χ1n) is 8.39. The third-order valence-electron chi connectivity index (χ3n) is 5.04. The minimum atomic E-state index is -3.57. The maximum absolute atomic E-state index is 13.3. The predicted octanol–water partition coefficient (Wildman–Crippen LogP) is 4.02. The maximum Gasteiger partial charge on any atom is 0.182 e. The highest BCUT2D eigenvalue weighted by atomic mass is 79.9. The Morgan fingerprint density at radius 1 is 1.15 bits per heavy atom. The molecule has 26 heavy (non-hydrogen) atoms. The minimum Gasteiger partial charge on any atom is -0.381 e. The normalized spacial score (nSPS) is 25.2. The van der Waals surface area contributed by atoms with Gasteiger partial charge in [0.05, 0.1) is 16.8 Å². The monoisotopic (exact) mass is 457 g/mol. The van der Waals surface area contributed by atoms with Crippen LogP contribution in [0.4, 0.5) is 0 Å². The summed E-state index contributed by atoms with van der Waals surface area (Å²) in [5, 5.41) is -0.113. The third kappa shape index (κ3) is 3.45. The summed E-state index contributed by atoms with van der Waals surface area (Å²) >= 11 is 9.33. The summed E-state index contributed by atoms with van der Waals surface area (Å²) < 4.78 is 33.2. The average molecular weight is 459 g/mol. The number of benzene rings is 2. The van der Waals surface area contributed by atoms with Crippen molar-refractivity contribution in [3.63, 3.8) is 0 Å². The van der Waals surface area contributed by atoms with Crippen LogP contribution in [-0.2, 0) is 14.6 Å². The maximum atomic E-state index is 13.3. The Labute approximate surface area is 167 Å². The molecule has 3 rings (SSSR count). The lowest BCUT2D eigenvalue weighted by Gasteiger charge is -2.16. The van der Waals surface area contributed by atoms with E-state index in [4.69, 9.17) is 22.1 Å². The summed E-state index contributed by atoms with van der Waals surface area (Å²) in [5.41, 5.74) is 6.42. The zero-order valence-corrected chi connectivity index (χ0v) is 17.5. The molecule has 1 aliphatic carbocycles. The number of sulfone groups is 1. The molecule has 1 saturated carbocycles. The van der Waals surface area contributed by atoms with Gasteiger partial charge >= 0.3 is 0 Å². The Hall–Kier alpha value is -0.920. The van der Waals surface area contributed by atoms with Crippen LogP contribution in [-0.4, -0.2) is 33.4 Å². The molecular formula is C19H21BrClNO3S. The van der Waals surface area contributed by atoms with Crippen molar-refractivity contribution in [3.05, 3.63) is 63.6 Å². The second-order valence-corrected chi connectivity index (χ2v) is 9.94. The molecule has 2 N–H and O–H groups in total. The van der Waals surface area contributed by atoms with Gasteiger partial charge in [0.25, 0.3) is 0 Å². The van der Waals surface area contributed by atoms with Crippen LogP contribution < -0.4 is 5.73 Å². The average Bonchev–Trinajstić information content (AvgIpc) is 3.31. The molecule has 0 aromatic heterocycles. The lowest BCUT2D eigenvalue weighted by molar-refractivity contribution is 0.101. The predicted molar refractivity (Wildman–Crippen MR) is 107 cm³/mol. The van der Waals surface area contributed by atoms with Crippen molar-refractivity contribution < 1.29 is 13.2 Å². The van der Waals surface area contributed by atoms with E-state index in [0.717, 1.165) is 10.0 Å². The van der Waals surface area contributed by atoms with E-state index in [1.165, 1.54) is 0 Å². The third-order valence-corrected chi connectivity index (χ3v) is 8.16. The van der Waals surface area contributed by atoms with Gasteiger partial charge in [-0.3, -0.25) is 0 Å². The minimum absolute atomic E-state index is 0.201. The van der Waals surface area contributed by atoms with Crippen molar-refractivity contribution in [1.82, 2.24) is 0 Å². The van der Waals surface area contributed by atoms with Crippen molar-refractivity contribution in [2.45, 2.75) is 23.0 Å². The molecule has 2 aromatic rings. The molecule has 7 heteroatoms. The molecule has 2 aromatic carbocycles. The SMILES string of the molecule is CCOCC1(CN)C(c2ccc(Br)cc2)C1S(=O)(=O)c1ccc(Cl)cc1. The fourth-order valence-electron chi connectivity index (χ4n) is 3.66. The molecule has 0 amide bonds. The summed E-state index contributed by atoms with van der Waals surface area (Å²) in [5.74, 6) is -0.201. The number of halogens is 2. The molecule has 1 aliphatic rings. The molecule has 3 unspecified atom stereocenters. The first kappa shape index (κ1) is 19.8. The first-order valence-corrected chi connectivity index (χ1v) is 11.1. The van der Waals surface area contributed by atoms with E-state index in [9.17, 15) is 8.42 Å². The highest BCUT2D eigenvalue weighted by molar-refractivity contribution is 9.10. The van der Waals surface area contributed by atoms with Crippen LogP contribution in [0.5, 0.6) is 0 Å². The van der Waals surface area contributed by atoms with Crippen LogP contribution >= 0.6 is 27.5 Å². The largest absolute Gasteiger partial charge is 0.381 e. The first-order chi connectivity index (χ1) is 12.4. The summed E-state index contributed by atoms with van der Waals surface area (Å²) in [6, 6.07) is 14.0. The number of hydrogen-bond acceptors (Lipinski definition) is 4. The lowest BCUT2D eigenvalue weighted by atomic mass is 10.00. The Kier molecular flexibility index (Phi) is 5.80.